The normalized spacial score (nSPS) is 9.79. The lowest BCUT2D eigenvalue weighted by Gasteiger charge is -2.02. The lowest BCUT2D eigenvalue weighted by atomic mass is 10.1. The molecular weight excluding hydrogens is 1200 g/mol. The summed E-state index contributed by atoms with van der Waals surface area (Å²) in [6.45, 7) is 68.3. The summed E-state index contributed by atoms with van der Waals surface area (Å²) in [5.74, 6) is 1.05. The lowest BCUT2D eigenvalue weighted by molar-refractivity contribution is 0.888. The number of pyridine rings is 2. The summed E-state index contributed by atoms with van der Waals surface area (Å²) in [6, 6.07) is 27.6. The quantitative estimate of drug-likeness (QED) is 0.151. The Morgan fingerprint density at radius 1 is 0.327 bits per heavy atom. The first-order chi connectivity index (χ1) is 46.9. The van der Waals surface area contributed by atoms with Crippen LogP contribution in [0.5, 0.6) is 0 Å². The van der Waals surface area contributed by atoms with Gasteiger partial charge in [0.05, 0.1) is 28.4 Å². The number of nitrogens with zero attached hydrogens (tertiary/aromatic N) is 12. The second kappa shape index (κ2) is 43.3. The van der Waals surface area contributed by atoms with E-state index in [1.807, 2.05) is 166 Å². The zero-order chi connectivity index (χ0) is 75.0. The molecule has 13 heterocycles. The smallest absolute Gasteiger partial charge is 0.137 e. The minimum absolute atomic E-state index is 1.05. The Morgan fingerprint density at radius 2 is 0.796 bits per heavy atom. The number of benzene rings is 1. The van der Waals surface area contributed by atoms with Gasteiger partial charge in [0.1, 0.15) is 11.5 Å². The fourth-order valence-electron chi connectivity index (χ4n) is 11.4. The van der Waals surface area contributed by atoms with Crippen molar-refractivity contribution >= 4 is 49.4 Å². The van der Waals surface area contributed by atoms with Gasteiger partial charge < -0.3 is 31.1 Å². The van der Waals surface area contributed by atoms with E-state index in [-0.39, 0.29) is 0 Å². The SMILES string of the molecule is CC.CC.CC.CC.CC.CC.CC.Cc1cc2cccc(C)n2c1C.Cc1cc2ccnc(C)n2c1C.Cc1cc2cncc(C)n2c1C.Cc1cc2nccc(C)n2c1C.Cc1cccc2cn(C)c(C)c12.Cc1ccnc2cn(C)c(C)c12.Cc1cn2ccnc(C)c2c1C. The molecule has 98 heavy (non-hydrogen) atoms. The van der Waals surface area contributed by atoms with Crippen molar-refractivity contribution in [2.24, 2.45) is 14.1 Å². The molecule has 0 unspecified atom stereocenters. The van der Waals surface area contributed by atoms with Crippen molar-refractivity contribution in [3.8, 4) is 0 Å². The zero-order valence-electron chi connectivity index (χ0n) is 67.6. The van der Waals surface area contributed by atoms with Crippen molar-refractivity contribution in [1.29, 1.82) is 0 Å². The number of aromatic nitrogens is 12. The van der Waals surface area contributed by atoms with Gasteiger partial charge in [-0.3, -0.25) is 15.0 Å². The molecule has 12 nitrogen and oxygen atoms in total. The highest BCUT2D eigenvalue weighted by atomic mass is 15.0. The minimum Gasteiger partial charge on any atom is -0.353 e. The second-order valence-corrected chi connectivity index (χ2v) is 22.7. The highest BCUT2D eigenvalue weighted by Crippen LogP contribution is 2.25. The van der Waals surface area contributed by atoms with Crippen LogP contribution < -0.4 is 0 Å². The zero-order valence-corrected chi connectivity index (χ0v) is 67.6. The van der Waals surface area contributed by atoms with Crippen molar-refractivity contribution in [3.63, 3.8) is 0 Å². The van der Waals surface area contributed by atoms with Gasteiger partial charge in [0.2, 0.25) is 0 Å². The fraction of sp³-hybridized carbons (Fsp3) is 0.407. The third-order valence-corrected chi connectivity index (χ3v) is 16.9. The van der Waals surface area contributed by atoms with Crippen molar-refractivity contribution in [3.05, 3.63) is 248 Å². The average molecular weight is 1330 g/mol. The van der Waals surface area contributed by atoms with E-state index in [2.05, 4.69) is 273 Å². The van der Waals surface area contributed by atoms with Crippen LogP contribution in [0.3, 0.4) is 0 Å². The topological polar surface area (TPSA) is 96.4 Å². The van der Waals surface area contributed by atoms with E-state index in [9.17, 15) is 0 Å². The molecule has 14 rings (SSSR count). The molecule has 0 radical (unpaired) electrons. The number of aryl methyl sites for hydroxylation is 21. The molecular formula is C86H128N12. The van der Waals surface area contributed by atoms with E-state index in [0.29, 0.717) is 0 Å². The average Bonchev–Trinajstić information content (AvgIpc) is 1.76. The van der Waals surface area contributed by atoms with Gasteiger partial charge in [0, 0.05) is 143 Å². The standard InChI is InChI=1S/2C11H13N.5C10H12N2.7C2H6/c1-8-7-11-6-4-5-9(2)12(11)10(8)3;1-8-5-4-6-10-7-12(3)9(2)11(8)10;1-7-4-10-6-11-5-8(2)12(10)9(7)3;1-7-6-12-5-4-11-9(3)10(12)8(7)2;1-7-6-10-4-5-11-9(3)12(10)8(7)2;1-7-6-10-11-5-4-8(2)12(10)9(7)3;1-7-4-5-11-9-6-12(3)8(2)10(7)9;7*1-2/h2*4-7H,1-3H3;5*4-6H,1-3H3;7*1-2H3. The molecule has 13 aromatic heterocycles. The molecule has 0 aliphatic rings. The monoisotopic (exact) mass is 1330 g/mol. The van der Waals surface area contributed by atoms with E-state index >= 15 is 0 Å². The van der Waals surface area contributed by atoms with Gasteiger partial charge in [-0.25, -0.2) is 9.97 Å². The number of hydrogen-bond acceptors (Lipinski definition) is 5. The van der Waals surface area contributed by atoms with E-state index in [1.54, 1.807) is 0 Å². The van der Waals surface area contributed by atoms with Crippen LogP contribution in [0.4, 0.5) is 0 Å². The third-order valence-electron chi connectivity index (χ3n) is 16.9. The van der Waals surface area contributed by atoms with Crippen LogP contribution in [0, 0.1) is 132 Å². The van der Waals surface area contributed by atoms with E-state index in [0.717, 1.165) is 22.7 Å². The Labute approximate surface area is 593 Å². The van der Waals surface area contributed by atoms with Crippen molar-refractivity contribution < 1.29 is 0 Å². The number of hydrogen-bond donors (Lipinski definition) is 0. The molecule has 0 atom stereocenters. The number of fused-ring (bicyclic) bond motifs is 7. The van der Waals surface area contributed by atoms with Gasteiger partial charge in [0.25, 0.3) is 0 Å². The molecule has 0 aliphatic carbocycles. The summed E-state index contributed by atoms with van der Waals surface area (Å²) in [6.07, 6.45) is 19.6. The minimum atomic E-state index is 1.05. The van der Waals surface area contributed by atoms with Crippen LogP contribution in [-0.4, -0.2) is 56.1 Å². The molecule has 0 saturated heterocycles. The summed E-state index contributed by atoms with van der Waals surface area (Å²) < 4.78 is 15.3. The van der Waals surface area contributed by atoms with Crippen LogP contribution in [0.25, 0.3) is 49.4 Å². The molecule has 12 heteroatoms. The molecule has 0 amide bonds. The Hall–Kier alpha value is -9.03. The first-order valence-electron chi connectivity index (χ1n) is 35.9. The summed E-state index contributed by atoms with van der Waals surface area (Å²) >= 11 is 0. The van der Waals surface area contributed by atoms with Gasteiger partial charge in [-0.05, 0) is 236 Å². The van der Waals surface area contributed by atoms with Crippen LogP contribution >= 0.6 is 0 Å². The largest absolute Gasteiger partial charge is 0.353 e. The molecule has 0 saturated carbocycles. The first-order valence-corrected chi connectivity index (χ1v) is 35.9. The van der Waals surface area contributed by atoms with Crippen molar-refractivity contribution in [2.75, 3.05) is 0 Å². The third kappa shape index (κ3) is 21.5. The van der Waals surface area contributed by atoms with Crippen molar-refractivity contribution in [1.82, 2.24) is 56.1 Å². The summed E-state index contributed by atoms with van der Waals surface area (Å²) in [5.41, 5.74) is 30.5. The highest BCUT2D eigenvalue weighted by molar-refractivity contribution is 5.88. The van der Waals surface area contributed by atoms with Gasteiger partial charge >= 0.3 is 0 Å². The number of rotatable bonds is 0. The van der Waals surface area contributed by atoms with Gasteiger partial charge in [-0.1, -0.05) is 121 Å². The Kier molecular flexibility index (Phi) is 38.4. The van der Waals surface area contributed by atoms with Crippen LogP contribution in [0.1, 0.15) is 204 Å². The maximum atomic E-state index is 4.30. The molecule has 14 aromatic rings. The summed E-state index contributed by atoms with van der Waals surface area (Å²) in [5, 5.41) is 4.04. The second-order valence-electron chi connectivity index (χ2n) is 22.7. The Morgan fingerprint density at radius 3 is 1.33 bits per heavy atom. The maximum absolute atomic E-state index is 4.30. The van der Waals surface area contributed by atoms with E-state index in [4.69, 9.17) is 0 Å². The molecule has 0 fully saturated rings. The first kappa shape index (κ1) is 87.0. The predicted octanol–water partition coefficient (Wildman–Crippen LogP) is 24.1. The van der Waals surface area contributed by atoms with Gasteiger partial charge in [0.15, 0.2) is 0 Å². The Balaban J connectivity index is 0.000000554. The molecule has 1 aromatic carbocycles. The molecule has 0 bridgehead atoms. The van der Waals surface area contributed by atoms with E-state index in [1.165, 1.54) is 134 Å². The van der Waals surface area contributed by atoms with Gasteiger partial charge in [-0.2, -0.15) is 0 Å². The Bertz CT molecular complexity index is 3810. The fourth-order valence-corrected chi connectivity index (χ4v) is 11.4. The molecule has 532 valence electrons. The van der Waals surface area contributed by atoms with Crippen LogP contribution in [0.15, 0.2) is 141 Å². The van der Waals surface area contributed by atoms with Gasteiger partial charge in [-0.15, -0.1) is 0 Å². The predicted molar refractivity (Wildman–Crippen MR) is 431 cm³/mol. The summed E-state index contributed by atoms with van der Waals surface area (Å²) in [4.78, 5) is 21.2. The van der Waals surface area contributed by atoms with Crippen LogP contribution in [0.2, 0.25) is 0 Å². The molecule has 0 N–H and O–H groups in total. The van der Waals surface area contributed by atoms with Crippen molar-refractivity contribution in [2.45, 2.75) is 228 Å². The highest BCUT2D eigenvalue weighted by Gasteiger charge is 2.10. The lowest BCUT2D eigenvalue weighted by Crippen LogP contribution is -1.95. The molecule has 0 aliphatic heterocycles. The maximum Gasteiger partial charge on any atom is 0.137 e. The van der Waals surface area contributed by atoms with E-state index < -0.39 is 0 Å². The summed E-state index contributed by atoms with van der Waals surface area (Å²) in [7, 11) is 4.14. The van der Waals surface area contributed by atoms with Crippen LogP contribution in [-0.2, 0) is 14.1 Å². The molecule has 0 spiro atoms.